The van der Waals surface area contributed by atoms with Crippen molar-refractivity contribution in [2.45, 2.75) is 25.7 Å². The summed E-state index contributed by atoms with van der Waals surface area (Å²) < 4.78 is 13.6. The van der Waals surface area contributed by atoms with E-state index in [2.05, 4.69) is 15.5 Å². The van der Waals surface area contributed by atoms with Gasteiger partial charge in [0.15, 0.2) is 0 Å². The van der Waals surface area contributed by atoms with Crippen LogP contribution < -0.4 is 5.32 Å². The quantitative estimate of drug-likeness (QED) is 0.925. The molecule has 2 aromatic rings. The number of likely N-dealkylation sites (tertiary alicyclic amines) is 1. The first-order valence-corrected chi connectivity index (χ1v) is 8.51. The van der Waals surface area contributed by atoms with E-state index >= 15 is 0 Å². The zero-order valence-corrected chi connectivity index (χ0v) is 14.0. The number of piperidine rings is 1. The molecule has 24 heavy (non-hydrogen) atoms. The molecule has 0 radical (unpaired) electrons. The first kappa shape index (κ1) is 16.5. The van der Waals surface area contributed by atoms with Crippen LogP contribution in [0.4, 0.5) is 10.1 Å². The molecule has 1 aromatic carbocycles. The molecule has 1 aliphatic rings. The Balaban J connectivity index is 1.64. The Morgan fingerprint density at radius 2 is 1.96 bits per heavy atom. The van der Waals surface area contributed by atoms with E-state index in [4.69, 9.17) is 0 Å². The molecule has 2 amide bonds. The second kappa shape index (κ2) is 7.04. The molecule has 0 saturated carbocycles. The molecule has 0 aliphatic carbocycles. The van der Waals surface area contributed by atoms with Crippen LogP contribution in [0, 0.1) is 5.82 Å². The van der Waals surface area contributed by atoms with Gasteiger partial charge in [-0.05, 0) is 25.0 Å². The van der Waals surface area contributed by atoms with Gasteiger partial charge in [0, 0.05) is 25.9 Å². The van der Waals surface area contributed by atoms with Crippen LogP contribution >= 0.6 is 11.3 Å². The maximum atomic E-state index is 13.6. The van der Waals surface area contributed by atoms with E-state index in [1.807, 2.05) is 4.90 Å². The van der Waals surface area contributed by atoms with Crippen molar-refractivity contribution in [2.24, 2.45) is 0 Å². The van der Waals surface area contributed by atoms with Gasteiger partial charge >= 0.3 is 0 Å². The summed E-state index contributed by atoms with van der Waals surface area (Å²) in [6, 6.07) is 5.98. The fraction of sp³-hybridized carbons (Fsp3) is 0.375. The maximum Gasteiger partial charge on any atom is 0.286 e. The van der Waals surface area contributed by atoms with Gasteiger partial charge in [0.25, 0.3) is 5.91 Å². The number of nitrogens with one attached hydrogen (secondary N) is 1. The Kier molecular flexibility index (Phi) is 4.84. The summed E-state index contributed by atoms with van der Waals surface area (Å²) >= 11 is 1.22. The zero-order valence-electron chi connectivity index (χ0n) is 13.2. The lowest BCUT2D eigenvalue weighted by Gasteiger charge is -2.29. The Bertz CT molecular complexity index is 756. The average Bonchev–Trinajstić information content (AvgIpc) is 3.07. The highest BCUT2D eigenvalue weighted by molar-refractivity contribution is 7.13. The third-order valence-corrected chi connectivity index (χ3v) is 5.13. The molecule has 1 fully saturated rings. The van der Waals surface area contributed by atoms with Gasteiger partial charge in [-0.25, -0.2) is 4.39 Å². The molecule has 1 saturated heterocycles. The molecular formula is C16H17FN4O2S. The van der Waals surface area contributed by atoms with Gasteiger partial charge in [-0.3, -0.25) is 9.59 Å². The summed E-state index contributed by atoms with van der Waals surface area (Å²) in [5.74, 6) is -0.680. The van der Waals surface area contributed by atoms with Gasteiger partial charge in [0.1, 0.15) is 10.8 Å². The fourth-order valence-electron chi connectivity index (χ4n) is 2.67. The first-order chi connectivity index (χ1) is 11.5. The molecule has 2 heterocycles. The Morgan fingerprint density at radius 1 is 1.25 bits per heavy atom. The second-order valence-corrected chi connectivity index (χ2v) is 6.67. The summed E-state index contributed by atoms with van der Waals surface area (Å²) in [6.45, 7) is 2.95. The number of para-hydroxylation sites is 1. The van der Waals surface area contributed by atoms with E-state index in [-0.39, 0.29) is 22.5 Å². The van der Waals surface area contributed by atoms with Gasteiger partial charge in [0.05, 0.1) is 5.69 Å². The monoisotopic (exact) mass is 348 g/mol. The number of benzene rings is 1. The number of carbonyl (C=O) groups is 2. The van der Waals surface area contributed by atoms with Gasteiger partial charge in [-0.1, -0.05) is 23.5 Å². The van der Waals surface area contributed by atoms with E-state index in [1.54, 1.807) is 19.1 Å². The SMILES string of the molecule is CC(=O)N1CCC(c2nnc(C(=O)Nc3ccccc3F)s2)CC1. The Morgan fingerprint density at radius 3 is 2.62 bits per heavy atom. The van der Waals surface area contributed by atoms with E-state index in [1.165, 1.54) is 23.5 Å². The maximum absolute atomic E-state index is 13.6. The summed E-state index contributed by atoms with van der Waals surface area (Å²) in [5, 5.41) is 11.5. The van der Waals surface area contributed by atoms with Crippen molar-refractivity contribution >= 4 is 28.8 Å². The topological polar surface area (TPSA) is 75.2 Å². The zero-order chi connectivity index (χ0) is 17.1. The molecule has 0 unspecified atom stereocenters. The number of hydrogen-bond acceptors (Lipinski definition) is 5. The molecule has 1 aromatic heterocycles. The van der Waals surface area contributed by atoms with Crippen molar-refractivity contribution in [2.75, 3.05) is 18.4 Å². The van der Waals surface area contributed by atoms with Crippen LogP contribution in [0.1, 0.15) is 40.5 Å². The number of carbonyl (C=O) groups excluding carboxylic acids is 2. The fourth-order valence-corrected chi connectivity index (χ4v) is 3.58. The van der Waals surface area contributed by atoms with E-state index in [9.17, 15) is 14.0 Å². The van der Waals surface area contributed by atoms with E-state index in [0.717, 1.165) is 17.8 Å². The molecule has 0 atom stereocenters. The lowest BCUT2D eigenvalue weighted by atomic mass is 9.98. The minimum Gasteiger partial charge on any atom is -0.343 e. The normalized spacial score (nSPS) is 15.3. The lowest BCUT2D eigenvalue weighted by Crippen LogP contribution is -2.36. The van der Waals surface area contributed by atoms with Gasteiger partial charge in [-0.15, -0.1) is 10.2 Å². The number of hydrogen-bond donors (Lipinski definition) is 1. The van der Waals surface area contributed by atoms with E-state index in [0.29, 0.717) is 13.1 Å². The van der Waals surface area contributed by atoms with Crippen LogP contribution in [0.25, 0.3) is 0 Å². The van der Waals surface area contributed by atoms with Crippen molar-refractivity contribution in [3.05, 3.63) is 40.1 Å². The van der Waals surface area contributed by atoms with Crippen molar-refractivity contribution in [1.82, 2.24) is 15.1 Å². The molecule has 8 heteroatoms. The predicted molar refractivity (Wildman–Crippen MR) is 88.5 cm³/mol. The van der Waals surface area contributed by atoms with E-state index < -0.39 is 11.7 Å². The number of rotatable bonds is 3. The summed E-state index contributed by atoms with van der Waals surface area (Å²) in [7, 11) is 0. The second-order valence-electron chi connectivity index (χ2n) is 5.66. The highest BCUT2D eigenvalue weighted by Crippen LogP contribution is 2.30. The summed E-state index contributed by atoms with van der Waals surface area (Å²) in [6.07, 6.45) is 1.62. The minimum atomic E-state index is -0.493. The van der Waals surface area contributed by atoms with Crippen LogP contribution in [-0.2, 0) is 4.79 Å². The number of aromatic nitrogens is 2. The largest absolute Gasteiger partial charge is 0.343 e. The molecule has 0 spiro atoms. The highest BCUT2D eigenvalue weighted by Gasteiger charge is 2.26. The summed E-state index contributed by atoms with van der Waals surface area (Å²) in [4.78, 5) is 25.3. The molecule has 1 N–H and O–H groups in total. The van der Waals surface area contributed by atoms with Crippen molar-refractivity contribution in [1.29, 1.82) is 0 Å². The molecule has 6 nitrogen and oxygen atoms in total. The van der Waals surface area contributed by atoms with Crippen LogP contribution in [0.5, 0.6) is 0 Å². The lowest BCUT2D eigenvalue weighted by molar-refractivity contribution is -0.129. The smallest absolute Gasteiger partial charge is 0.286 e. The molecule has 1 aliphatic heterocycles. The number of nitrogens with zero attached hydrogens (tertiary/aromatic N) is 3. The first-order valence-electron chi connectivity index (χ1n) is 7.69. The third-order valence-electron chi connectivity index (χ3n) is 4.05. The standard InChI is InChI=1S/C16H17FN4O2S/c1-10(22)21-8-6-11(7-9-21)15-19-20-16(24-15)14(23)18-13-5-3-2-4-12(13)17/h2-5,11H,6-9H2,1H3,(H,18,23). The van der Waals surface area contributed by atoms with Gasteiger partial charge in [0.2, 0.25) is 10.9 Å². The Labute approximate surface area is 142 Å². The molecular weight excluding hydrogens is 331 g/mol. The molecule has 126 valence electrons. The van der Waals surface area contributed by atoms with Crippen molar-refractivity contribution in [3.63, 3.8) is 0 Å². The number of amides is 2. The van der Waals surface area contributed by atoms with Gasteiger partial charge < -0.3 is 10.2 Å². The van der Waals surface area contributed by atoms with Crippen LogP contribution in [0.3, 0.4) is 0 Å². The summed E-state index contributed by atoms with van der Waals surface area (Å²) in [5.41, 5.74) is 0.119. The van der Waals surface area contributed by atoms with Crippen LogP contribution in [-0.4, -0.2) is 40.0 Å². The predicted octanol–water partition coefficient (Wildman–Crippen LogP) is 2.66. The highest BCUT2D eigenvalue weighted by atomic mass is 32.1. The molecule has 3 rings (SSSR count). The van der Waals surface area contributed by atoms with Crippen LogP contribution in [0.2, 0.25) is 0 Å². The molecule has 0 bridgehead atoms. The third kappa shape index (κ3) is 3.59. The van der Waals surface area contributed by atoms with Gasteiger partial charge in [-0.2, -0.15) is 0 Å². The minimum absolute atomic E-state index is 0.0793. The number of anilines is 1. The number of halogens is 1. The van der Waals surface area contributed by atoms with Crippen molar-refractivity contribution in [3.8, 4) is 0 Å². The van der Waals surface area contributed by atoms with Crippen molar-refractivity contribution < 1.29 is 14.0 Å². The Hall–Kier alpha value is -2.35. The average molecular weight is 348 g/mol. The van der Waals surface area contributed by atoms with Crippen LogP contribution in [0.15, 0.2) is 24.3 Å².